The van der Waals surface area contributed by atoms with Gasteiger partial charge in [-0.2, -0.15) is 5.26 Å². The van der Waals surface area contributed by atoms with Crippen LogP contribution >= 0.6 is 0 Å². The van der Waals surface area contributed by atoms with Crippen molar-refractivity contribution in [3.8, 4) is 6.07 Å². The summed E-state index contributed by atoms with van der Waals surface area (Å²) in [5.41, 5.74) is 0.962. The highest BCUT2D eigenvalue weighted by Gasteiger charge is 2.07. The Morgan fingerprint density at radius 3 is 2.55 bits per heavy atom. The minimum atomic E-state index is -1.47. The van der Waals surface area contributed by atoms with Gasteiger partial charge in [-0.1, -0.05) is 55.1 Å². The van der Waals surface area contributed by atoms with E-state index in [1.807, 2.05) is 36.4 Å². The van der Waals surface area contributed by atoms with Gasteiger partial charge < -0.3 is 9.84 Å². The Morgan fingerprint density at radius 2 is 2.00 bits per heavy atom. The zero-order valence-corrected chi connectivity index (χ0v) is 10.7. The lowest BCUT2D eigenvalue weighted by atomic mass is 10.1. The number of carbonyl (C=O) groups is 1. The maximum Gasteiger partial charge on any atom is 0.511 e. The zero-order valence-electron chi connectivity index (χ0n) is 10.7. The molecule has 0 bridgehead atoms. The molecule has 1 aromatic rings. The average molecular weight is 267 g/mol. The Bertz CT molecular complexity index is 604. The third-order valence-electron chi connectivity index (χ3n) is 2.21. The van der Waals surface area contributed by atoms with Crippen molar-refractivity contribution < 1.29 is 14.6 Å². The molecule has 0 saturated carbocycles. The molecule has 0 saturated heterocycles. The van der Waals surface area contributed by atoms with Crippen molar-refractivity contribution >= 4 is 12.2 Å². The van der Waals surface area contributed by atoms with Gasteiger partial charge in [-0.3, -0.25) is 0 Å². The molecular formula is C16H13NO3. The first-order valence-electron chi connectivity index (χ1n) is 5.74. The lowest BCUT2D eigenvalue weighted by Gasteiger charge is -2.02. The molecule has 1 N–H and O–H groups in total. The highest BCUT2D eigenvalue weighted by atomic mass is 16.7. The maximum atomic E-state index is 10.7. The van der Waals surface area contributed by atoms with Gasteiger partial charge in [0.05, 0.1) is 5.57 Å². The van der Waals surface area contributed by atoms with Crippen molar-refractivity contribution in [1.82, 2.24) is 0 Å². The second-order valence-corrected chi connectivity index (χ2v) is 3.60. The molecule has 0 atom stereocenters. The van der Waals surface area contributed by atoms with Gasteiger partial charge in [-0.25, -0.2) is 4.79 Å². The fourth-order valence-corrected chi connectivity index (χ4v) is 1.35. The van der Waals surface area contributed by atoms with Crippen LogP contribution in [-0.2, 0) is 4.74 Å². The standard InChI is InChI=1S/C16H13NO3/c1-2-3-9-14(12-17)15(20-16(18)19)11-10-13-7-5-4-6-8-13/h2-11H,1H2,(H,18,19). The Kier molecular flexibility index (Phi) is 6.09. The molecule has 0 spiro atoms. The van der Waals surface area contributed by atoms with Crippen LogP contribution in [0, 0.1) is 11.3 Å². The predicted octanol–water partition coefficient (Wildman–Crippen LogP) is 3.91. The summed E-state index contributed by atoms with van der Waals surface area (Å²) in [6, 6.07) is 11.2. The quantitative estimate of drug-likeness (QED) is 0.380. The highest BCUT2D eigenvalue weighted by molar-refractivity contribution is 5.63. The van der Waals surface area contributed by atoms with Crippen molar-refractivity contribution in [3.63, 3.8) is 0 Å². The number of carboxylic acid groups (broad SMARTS) is 1. The molecule has 20 heavy (non-hydrogen) atoms. The second kappa shape index (κ2) is 8.11. The third-order valence-corrected chi connectivity index (χ3v) is 2.21. The Morgan fingerprint density at radius 1 is 1.30 bits per heavy atom. The number of allylic oxidation sites excluding steroid dienone is 5. The number of benzene rings is 1. The van der Waals surface area contributed by atoms with Crippen LogP contribution in [0.2, 0.25) is 0 Å². The number of nitrogens with zero attached hydrogens (tertiary/aromatic N) is 1. The molecule has 0 fully saturated rings. The second-order valence-electron chi connectivity index (χ2n) is 3.60. The topological polar surface area (TPSA) is 70.3 Å². The van der Waals surface area contributed by atoms with Crippen LogP contribution in [0.3, 0.4) is 0 Å². The van der Waals surface area contributed by atoms with Crippen molar-refractivity contribution in [2.24, 2.45) is 0 Å². The lowest BCUT2D eigenvalue weighted by Crippen LogP contribution is -2.00. The lowest BCUT2D eigenvalue weighted by molar-refractivity contribution is 0.121. The molecule has 0 aliphatic carbocycles. The van der Waals surface area contributed by atoms with Gasteiger partial charge in [-0.15, -0.1) is 0 Å². The van der Waals surface area contributed by atoms with Crippen molar-refractivity contribution in [1.29, 1.82) is 5.26 Å². The number of ether oxygens (including phenoxy) is 1. The third kappa shape index (κ3) is 5.07. The maximum absolute atomic E-state index is 10.7. The summed E-state index contributed by atoms with van der Waals surface area (Å²) in [4.78, 5) is 10.7. The number of hydrogen-bond donors (Lipinski definition) is 1. The molecule has 0 aromatic heterocycles. The van der Waals surface area contributed by atoms with Crippen LogP contribution in [-0.4, -0.2) is 11.3 Å². The molecule has 1 rings (SSSR count). The largest absolute Gasteiger partial charge is 0.511 e. The monoisotopic (exact) mass is 267 g/mol. The summed E-state index contributed by atoms with van der Waals surface area (Å²) in [7, 11) is 0. The number of hydrogen-bond acceptors (Lipinski definition) is 3. The fraction of sp³-hybridized carbons (Fsp3) is 0. The summed E-state index contributed by atoms with van der Waals surface area (Å²) in [5, 5.41) is 17.7. The molecule has 1 aromatic carbocycles. The highest BCUT2D eigenvalue weighted by Crippen LogP contribution is 2.12. The van der Waals surface area contributed by atoms with Gasteiger partial charge in [0.1, 0.15) is 6.07 Å². The van der Waals surface area contributed by atoms with Gasteiger partial charge in [0.2, 0.25) is 0 Å². The van der Waals surface area contributed by atoms with Crippen LogP contribution < -0.4 is 0 Å². The van der Waals surface area contributed by atoms with Crippen molar-refractivity contribution in [2.75, 3.05) is 0 Å². The summed E-state index contributed by atoms with van der Waals surface area (Å²) >= 11 is 0. The minimum Gasteiger partial charge on any atom is -0.449 e. The summed E-state index contributed by atoms with van der Waals surface area (Å²) in [6.07, 6.45) is 6.07. The SMILES string of the molecule is C=CC=CC(C#N)=C(C=Cc1ccccc1)OC(=O)O. The van der Waals surface area contributed by atoms with E-state index >= 15 is 0 Å². The van der Waals surface area contributed by atoms with Crippen molar-refractivity contribution in [3.05, 3.63) is 78.1 Å². The van der Waals surface area contributed by atoms with Crippen LogP contribution in [0.5, 0.6) is 0 Å². The summed E-state index contributed by atoms with van der Waals surface area (Å²) in [6.45, 7) is 3.49. The van der Waals surface area contributed by atoms with Gasteiger partial charge in [0.15, 0.2) is 5.76 Å². The Balaban J connectivity index is 3.12. The van der Waals surface area contributed by atoms with Gasteiger partial charge >= 0.3 is 6.16 Å². The van der Waals surface area contributed by atoms with E-state index in [0.29, 0.717) is 0 Å². The Hall–Kier alpha value is -3.06. The molecule has 0 aliphatic heterocycles. The number of nitriles is 1. The molecule has 0 amide bonds. The van der Waals surface area contributed by atoms with E-state index in [-0.39, 0.29) is 11.3 Å². The molecule has 0 unspecified atom stereocenters. The molecule has 0 aliphatic rings. The average Bonchev–Trinajstić information content (AvgIpc) is 2.45. The van der Waals surface area contributed by atoms with Crippen LogP contribution in [0.1, 0.15) is 5.56 Å². The molecule has 4 heteroatoms. The number of rotatable bonds is 5. The molecular weight excluding hydrogens is 254 g/mol. The normalized spacial score (nSPS) is 11.9. The van der Waals surface area contributed by atoms with Crippen molar-refractivity contribution in [2.45, 2.75) is 0 Å². The van der Waals surface area contributed by atoms with Crippen LogP contribution in [0.4, 0.5) is 4.79 Å². The van der Waals surface area contributed by atoms with E-state index in [1.165, 1.54) is 24.3 Å². The Labute approximate surface area is 117 Å². The zero-order chi connectivity index (χ0) is 14.8. The smallest absolute Gasteiger partial charge is 0.449 e. The van der Waals surface area contributed by atoms with E-state index in [0.717, 1.165) is 5.56 Å². The summed E-state index contributed by atoms with van der Waals surface area (Å²) < 4.78 is 4.62. The van der Waals surface area contributed by atoms with E-state index < -0.39 is 6.16 Å². The molecule has 0 heterocycles. The summed E-state index contributed by atoms with van der Waals surface area (Å²) in [5.74, 6) is -0.0399. The minimum absolute atomic E-state index is 0.0399. The van der Waals surface area contributed by atoms with E-state index in [9.17, 15) is 4.79 Å². The van der Waals surface area contributed by atoms with E-state index in [4.69, 9.17) is 10.4 Å². The first-order valence-corrected chi connectivity index (χ1v) is 5.74. The fourth-order valence-electron chi connectivity index (χ4n) is 1.35. The van der Waals surface area contributed by atoms with E-state index in [1.54, 1.807) is 6.08 Å². The first kappa shape index (κ1) is 15.0. The van der Waals surface area contributed by atoms with Crippen LogP contribution in [0.25, 0.3) is 6.08 Å². The first-order chi connectivity index (χ1) is 9.67. The molecule has 100 valence electrons. The van der Waals surface area contributed by atoms with Crippen LogP contribution in [0.15, 0.2) is 72.5 Å². The van der Waals surface area contributed by atoms with Gasteiger partial charge in [0, 0.05) is 0 Å². The van der Waals surface area contributed by atoms with Gasteiger partial charge in [0.25, 0.3) is 0 Å². The van der Waals surface area contributed by atoms with E-state index in [2.05, 4.69) is 11.3 Å². The molecule has 0 radical (unpaired) electrons. The molecule has 4 nitrogen and oxygen atoms in total. The predicted molar refractivity (Wildman–Crippen MR) is 76.6 cm³/mol. The van der Waals surface area contributed by atoms with Gasteiger partial charge in [-0.05, 0) is 17.7 Å².